The summed E-state index contributed by atoms with van der Waals surface area (Å²) >= 11 is 0. The summed E-state index contributed by atoms with van der Waals surface area (Å²) in [5.74, 6) is 1.02. The van der Waals surface area contributed by atoms with Gasteiger partial charge in [0.2, 0.25) is 0 Å². The molecule has 2 atom stereocenters. The van der Waals surface area contributed by atoms with E-state index < -0.39 is 0 Å². The number of piperazine rings is 1. The number of pyridine rings is 1. The first-order valence-corrected chi connectivity index (χ1v) is 7.16. The van der Waals surface area contributed by atoms with E-state index in [0.717, 1.165) is 18.8 Å². The van der Waals surface area contributed by atoms with Crippen molar-refractivity contribution in [3.05, 3.63) is 48.5 Å². The zero-order valence-electron chi connectivity index (χ0n) is 11.5. The molecular formula is C16H16FN3O. The number of ether oxygens (including phenoxy) is 1. The van der Waals surface area contributed by atoms with Gasteiger partial charge in [0, 0.05) is 31.2 Å². The molecule has 2 aliphatic rings. The number of halogens is 1. The van der Waals surface area contributed by atoms with Crippen LogP contribution < -0.4 is 15.0 Å². The van der Waals surface area contributed by atoms with Crippen molar-refractivity contribution in [1.82, 2.24) is 10.3 Å². The first kappa shape index (κ1) is 12.6. The third-order valence-corrected chi connectivity index (χ3v) is 4.14. The zero-order valence-corrected chi connectivity index (χ0v) is 11.5. The highest BCUT2D eigenvalue weighted by Crippen LogP contribution is 2.31. The number of fused-ring (bicyclic) bond motifs is 2. The van der Waals surface area contributed by atoms with Crippen molar-refractivity contribution in [2.75, 3.05) is 18.0 Å². The van der Waals surface area contributed by atoms with Gasteiger partial charge in [-0.25, -0.2) is 4.39 Å². The van der Waals surface area contributed by atoms with Gasteiger partial charge in [-0.05, 0) is 30.7 Å². The topological polar surface area (TPSA) is 37.4 Å². The Bertz CT molecular complexity index is 646. The molecule has 4 nitrogen and oxygen atoms in total. The number of hydrogen-bond donors (Lipinski definition) is 1. The number of nitrogens with one attached hydrogen (secondary N) is 1. The van der Waals surface area contributed by atoms with Crippen molar-refractivity contribution in [3.63, 3.8) is 0 Å². The van der Waals surface area contributed by atoms with Crippen molar-refractivity contribution in [2.24, 2.45) is 0 Å². The Kier molecular flexibility index (Phi) is 3.00. The summed E-state index contributed by atoms with van der Waals surface area (Å²) in [4.78, 5) is 6.65. The molecule has 0 unspecified atom stereocenters. The molecule has 3 heterocycles. The van der Waals surface area contributed by atoms with E-state index in [2.05, 4.69) is 15.2 Å². The lowest BCUT2D eigenvalue weighted by molar-refractivity contribution is 0.477. The SMILES string of the molecule is Fc1ccc(Oc2cncc(N3C[C@H]4C[C@H]3CN4)c2)cc1. The number of anilines is 1. The minimum absolute atomic E-state index is 0.269. The maximum Gasteiger partial charge on any atom is 0.147 e. The highest BCUT2D eigenvalue weighted by Gasteiger charge is 2.37. The molecule has 108 valence electrons. The molecule has 0 radical (unpaired) electrons. The quantitative estimate of drug-likeness (QED) is 0.940. The van der Waals surface area contributed by atoms with Gasteiger partial charge >= 0.3 is 0 Å². The van der Waals surface area contributed by atoms with Gasteiger partial charge in [-0.3, -0.25) is 4.98 Å². The van der Waals surface area contributed by atoms with Crippen LogP contribution in [0.5, 0.6) is 11.5 Å². The van der Waals surface area contributed by atoms with Crippen LogP contribution in [0.2, 0.25) is 0 Å². The molecule has 1 N–H and O–H groups in total. The lowest BCUT2D eigenvalue weighted by Gasteiger charge is -2.29. The van der Waals surface area contributed by atoms with Crippen LogP contribution in [0.15, 0.2) is 42.7 Å². The number of rotatable bonds is 3. The maximum absolute atomic E-state index is 12.9. The highest BCUT2D eigenvalue weighted by molar-refractivity contribution is 5.52. The van der Waals surface area contributed by atoms with Gasteiger partial charge in [-0.2, -0.15) is 0 Å². The second-order valence-corrected chi connectivity index (χ2v) is 5.58. The molecule has 1 aromatic carbocycles. The van der Waals surface area contributed by atoms with Crippen molar-refractivity contribution in [1.29, 1.82) is 0 Å². The first-order valence-electron chi connectivity index (χ1n) is 7.16. The van der Waals surface area contributed by atoms with Crippen LogP contribution in [0, 0.1) is 5.82 Å². The molecule has 2 fully saturated rings. The minimum atomic E-state index is -0.269. The zero-order chi connectivity index (χ0) is 14.2. The van der Waals surface area contributed by atoms with Crippen molar-refractivity contribution >= 4 is 5.69 Å². The van der Waals surface area contributed by atoms with Crippen molar-refractivity contribution in [3.8, 4) is 11.5 Å². The third kappa shape index (κ3) is 2.45. The molecule has 4 rings (SSSR count). The number of nitrogens with zero attached hydrogens (tertiary/aromatic N) is 2. The normalized spacial score (nSPS) is 23.6. The van der Waals surface area contributed by atoms with Gasteiger partial charge in [-0.15, -0.1) is 0 Å². The van der Waals surface area contributed by atoms with E-state index in [1.54, 1.807) is 18.3 Å². The lowest BCUT2D eigenvalue weighted by atomic mass is 10.2. The average Bonchev–Trinajstić information content (AvgIpc) is 3.13. The molecule has 0 saturated carbocycles. The Morgan fingerprint density at radius 2 is 2.05 bits per heavy atom. The van der Waals surface area contributed by atoms with Crippen molar-refractivity contribution < 1.29 is 9.13 Å². The summed E-state index contributed by atoms with van der Waals surface area (Å²) in [5, 5.41) is 3.49. The summed E-state index contributed by atoms with van der Waals surface area (Å²) in [6.45, 7) is 2.06. The molecule has 0 spiro atoms. The Balaban J connectivity index is 1.54. The Labute approximate surface area is 122 Å². The number of benzene rings is 1. The fourth-order valence-electron chi connectivity index (χ4n) is 3.14. The van der Waals surface area contributed by atoms with E-state index in [0.29, 0.717) is 23.6 Å². The summed E-state index contributed by atoms with van der Waals surface area (Å²) in [7, 11) is 0. The first-order chi connectivity index (χ1) is 10.3. The molecule has 2 aromatic rings. The predicted octanol–water partition coefficient (Wildman–Crippen LogP) is 2.56. The van der Waals surface area contributed by atoms with Gasteiger partial charge in [0.05, 0.1) is 18.1 Å². The van der Waals surface area contributed by atoms with E-state index in [-0.39, 0.29) is 5.82 Å². The fraction of sp³-hybridized carbons (Fsp3) is 0.312. The van der Waals surface area contributed by atoms with Crippen LogP contribution in [0.4, 0.5) is 10.1 Å². The Morgan fingerprint density at radius 3 is 2.76 bits per heavy atom. The second kappa shape index (κ2) is 5.00. The van der Waals surface area contributed by atoms with Gasteiger partial charge in [0.1, 0.15) is 17.3 Å². The summed E-state index contributed by atoms with van der Waals surface area (Å²) in [6, 6.07) is 9.15. The molecule has 0 aliphatic carbocycles. The molecule has 0 amide bonds. The van der Waals surface area contributed by atoms with E-state index in [9.17, 15) is 4.39 Å². The molecule has 2 aliphatic heterocycles. The molecule has 1 aromatic heterocycles. The maximum atomic E-state index is 12.9. The highest BCUT2D eigenvalue weighted by atomic mass is 19.1. The van der Waals surface area contributed by atoms with E-state index in [4.69, 9.17) is 4.74 Å². The van der Waals surface area contributed by atoms with Crippen LogP contribution in [-0.2, 0) is 0 Å². The Morgan fingerprint density at radius 1 is 1.19 bits per heavy atom. The standard InChI is InChI=1S/C16H16FN3O/c17-11-1-3-15(4-2-11)21-16-6-14(7-18-9-16)20-10-12-5-13(20)8-19-12/h1-4,6-7,9,12-13,19H,5,8,10H2/t12-,13+/m1/s1. The van der Waals surface area contributed by atoms with Crippen LogP contribution in [0.25, 0.3) is 0 Å². The average molecular weight is 285 g/mol. The molecule has 2 saturated heterocycles. The van der Waals surface area contributed by atoms with Crippen LogP contribution in [0.1, 0.15) is 6.42 Å². The van der Waals surface area contributed by atoms with Gasteiger partial charge < -0.3 is 15.0 Å². The molecule has 2 bridgehead atoms. The molecular weight excluding hydrogens is 269 g/mol. The smallest absolute Gasteiger partial charge is 0.147 e. The van der Waals surface area contributed by atoms with Crippen LogP contribution in [0.3, 0.4) is 0 Å². The third-order valence-electron chi connectivity index (χ3n) is 4.14. The molecule has 5 heteroatoms. The number of hydrogen-bond acceptors (Lipinski definition) is 4. The van der Waals surface area contributed by atoms with Gasteiger partial charge in [0.15, 0.2) is 0 Å². The summed E-state index contributed by atoms with van der Waals surface area (Å²) in [5.41, 5.74) is 1.09. The second-order valence-electron chi connectivity index (χ2n) is 5.58. The fourth-order valence-corrected chi connectivity index (χ4v) is 3.14. The van der Waals surface area contributed by atoms with Crippen LogP contribution >= 0.6 is 0 Å². The van der Waals surface area contributed by atoms with Crippen molar-refractivity contribution in [2.45, 2.75) is 18.5 Å². The van der Waals surface area contributed by atoms with E-state index in [1.807, 2.05) is 12.3 Å². The summed E-state index contributed by atoms with van der Waals surface area (Å²) < 4.78 is 18.6. The van der Waals surface area contributed by atoms with E-state index >= 15 is 0 Å². The monoisotopic (exact) mass is 285 g/mol. The minimum Gasteiger partial charge on any atom is -0.456 e. The summed E-state index contributed by atoms with van der Waals surface area (Å²) in [6.07, 6.45) is 4.75. The predicted molar refractivity (Wildman–Crippen MR) is 78.3 cm³/mol. The van der Waals surface area contributed by atoms with Gasteiger partial charge in [0.25, 0.3) is 0 Å². The Hall–Kier alpha value is -2.14. The molecule has 21 heavy (non-hydrogen) atoms. The largest absolute Gasteiger partial charge is 0.456 e. The lowest BCUT2D eigenvalue weighted by Crippen LogP contribution is -2.43. The van der Waals surface area contributed by atoms with Crippen LogP contribution in [-0.4, -0.2) is 30.2 Å². The number of aromatic nitrogens is 1. The van der Waals surface area contributed by atoms with Gasteiger partial charge in [-0.1, -0.05) is 0 Å². The van der Waals surface area contributed by atoms with E-state index in [1.165, 1.54) is 18.6 Å².